The summed E-state index contributed by atoms with van der Waals surface area (Å²) in [6, 6.07) is 2.04. The third kappa shape index (κ3) is 2.46. The molecule has 1 N–H and O–H groups in total. The summed E-state index contributed by atoms with van der Waals surface area (Å²) in [5.41, 5.74) is 2.94. The van der Waals surface area contributed by atoms with Gasteiger partial charge in [0, 0.05) is 38.2 Å². The van der Waals surface area contributed by atoms with Crippen molar-refractivity contribution in [3.63, 3.8) is 0 Å². The van der Waals surface area contributed by atoms with E-state index in [4.69, 9.17) is 5.10 Å². The Bertz CT molecular complexity index is 899. The minimum atomic E-state index is 0.315. The smallest absolute Gasteiger partial charge is 0.132 e. The van der Waals surface area contributed by atoms with Gasteiger partial charge in [0.25, 0.3) is 0 Å². The number of aromatic nitrogens is 5. The van der Waals surface area contributed by atoms with Gasteiger partial charge in [-0.25, -0.2) is 9.67 Å². The predicted molar refractivity (Wildman–Crippen MR) is 91.4 cm³/mol. The van der Waals surface area contributed by atoms with Gasteiger partial charge < -0.3 is 5.32 Å². The topological polar surface area (TPSA) is 77.6 Å². The summed E-state index contributed by atoms with van der Waals surface area (Å²) in [5.74, 6) is 1.50. The predicted octanol–water partition coefficient (Wildman–Crippen LogP) is 2.42. The van der Waals surface area contributed by atoms with E-state index < -0.39 is 0 Å². The van der Waals surface area contributed by atoms with Gasteiger partial charge >= 0.3 is 0 Å². The Balaban J connectivity index is 1.87. The van der Waals surface area contributed by atoms with Crippen LogP contribution in [0.25, 0.3) is 16.6 Å². The van der Waals surface area contributed by atoms with Crippen molar-refractivity contribution in [2.45, 2.75) is 31.6 Å². The second kappa shape index (κ2) is 5.74. The number of hydrogen-bond donors (Lipinski definition) is 1. The van der Waals surface area contributed by atoms with Crippen molar-refractivity contribution in [3.05, 3.63) is 30.4 Å². The van der Waals surface area contributed by atoms with Crippen LogP contribution in [0.2, 0.25) is 0 Å². The highest BCUT2D eigenvalue weighted by Gasteiger charge is 2.26. The fourth-order valence-corrected chi connectivity index (χ4v) is 3.40. The van der Waals surface area contributed by atoms with Gasteiger partial charge in [-0.05, 0) is 18.9 Å². The van der Waals surface area contributed by atoms with Crippen LogP contribution in [0, 0.1) is 0 Å². The highest BCUT2D eigenvalue weighted by molar-refractivity contribution is 5.86. The lowest BCUT2D eigenvalue weighted by molar-refractivity contribution is -0.120. The Morgan fingerprint density at radius 2 is 2.04 bits per heavy atom. The molecule has 7 heteroatoms. The first-order chi connectivity index (χ1) is 11.7. The standard InChI is InChI=1S/C17H20N6O/c1-18-16-7-14-15(9-19-16)23(12-8-20-22(2)10-12)21-17(14)11-3-5-13(24)6-4-11/h7-11H,3-6H2,1-2H3,(H,18,19). The van der Waals surface area contributed by atoms with Gasteiger partial charge in [0.15, 0.2) is 0 Å². The number of nitrogens with one attached hydrogen (secondary N) is 1. The van der Waals surface area contributed by atoms with Gasteiger partial charge in [-0.3, -0.25) is 9.48 Å². The van der Waals surface area contributed by atoms with Crippen molar-refractivity contribution in [2.75, 3.05) is 12.4 Å². The van der Waals surface area contributed by atoms with E-state index >= 15 is 0 Å². The average Bonchev–Trinajstić information content (AvgIpc) is 3.18. The fourth-order valence-electron chi connectivity index (χ4n) is 3.40. The molecule has 1 aliphatic carbocycles. The molecule has 0 atom stereocenters. The van der Waals surface area contributed by atoms with Crippen LogP contribution in [-0.4, -0.2) is 37.4 Å². The van der Waals surface area contributed by atoms with Crippen molar-refractivity contribution in [3.8, 4) is 5.69 Å². The number of ketones is 1. The molecule has 124 valence electrons. The second-order valence-corrected chi connectivity index (χ2v) is 6.32. The lowest BCUT2D eigenvalue weighted by Crippen LogP contribution is -2.13. The van der Waals surface area contributed by atoms with Crippen LogP contribution in [0.5, 0.6) is 0 Å². The molecule has 0 unspecified atom stereocenters. The Hall–Kier alpha value is -2.70. The third-order valence-corrected chi connectivity index (χ3v) is 4.72. The summed E-state index contributed by atoms with van der Waals surface area (Å²) < 4.78 is 3.66. The summed E-state index contributed by atoms with van der Waals surface area (Å²) >= 11 is 0. The molecule has 0 saturated heterocycles. The number of carbonyl (C=O) groups excluding carboxylic acids is 1. The normalized spacial score (nSPS) is 16.0. The quantitative estimate of drug-likeness (QED) is 0.800. The molecule has 0 amide bonds. The van der Waals surface area contributed by atoms with E-state index in [1.807, 2.05) is 37.2 Å². The fraction of sp³-hybridized carbons (Fsp3) is 0.412. The largest absolute Gasteiger partial charge is 0.373 e. The molecule has 0 radical (unpaired) electrons. The van der Waals surface area contributed by atoms with Crippen molar-refractivity contribution in [2.24, 2.45) is 7.05 Å². The van der Waals surface area contributed by atoms with Gasteiger partial charge in [0.2, 0.25) is 0 Å². The maximum Gasteiger partial charge on any atom is 0.132 e. The van der Waals surface area contributed by atoms with E-state index in [0.717, 1.165) is 40.9 Å². The monoisotopic (exact) mass is 324 g/mol. The summed E-state index contributed by atoms with van der Waals surface area (Å²) in [6.45, 7) is 0. The number of nitrogens with zero attached hydrogens (tertiary/aromatic N) is 5. The van der Waals surface area contributed by atoms with Crippen LogP contribution in [0.1, 0.15) is 37.3 Å². The molecule has 3 aromatic heterocycles. The molecule has 0 aromatic carbocycles. The molecular formula is C17H20N6O. The number of Topliss-reactive ketones (excluding diaryl/α,β-unsaturated/α-hetero) is 1. The number of pyridine rings is 1. The summed E-state index contributed by atoms with van der Waals surface area (Å²) in [5, 5.41) is 13.3. The van der Waals surface area contributed by atoms with E-state index in [2.05, 4.69) is 15.4 Å². The minimum Gasteiger partial charge on any atom is -0.373 e. The lowest BCUT2D eigenvalue weighted by atomic mass is 9.85. The van der Waals surface area contributed by atoms with E-state index in [9.17, 15) is 4.79 Å². The van der Waals surface area contributed by atoms with Gasteiger partial charge in [0.1, 0.15) is 17.3 Å². The van der Waals surface area contributed by atoms with E-state index in [1.165, 1.54) is 0 Å². The average molecular weight is 324 g/mol. The maximum atomic E-state index is 11.6. The van der Waals surface area contributed by atoms with Crippen LogP contribution in [-0.2, 0) is 11.8 Å². The highest BCUT2D eigenvalue weighted by atomic mass is 16.1. The molecule has 1 aliphatic rings. The number of fused-ring (bicyclic) bond motifs is 1. The van der Waals surface area contributed by atoms with Crippen molar-refractivity contribution in [1.29, 1.82) is 0 Å². The van der Waals surface area contributed by atoms with Crippen molar-refractivity contribution in [1.82, 2.24) is 24.5 Å². The van der Waals surface area contributed by atoms with Crippen LogP contribution in [0.3, 0.4) is 0 Å². The van der Waals surface area contributed by atoms with Crippen LogP contribution >= 0.6 is 0 Å². The molecular weight excluding hydrogens is 304 g/mol. The molecule has 7 nitrogen and oxygen atoms in total. The van der Waals surface area contributed by atoms with Crippen molar-refractivity contribution >= 4 is 22.5 Å². The number of anilines is 1. The highest BCUT2D eigenvalue weighted by Crippen LogP contribution is 2.36. The molecule has 0 aliphatic heterocycles. The first-order valence-corrected chi connectivity index (χ1v) is 8.23. The summed E-state index contributed by atoms with van der Waals surface area (Å²) in [4.78, 5) is 16.0. The Kier molecular flexibility index (Phi) is 3.55. The van der Waals surface area contributed by atoms with Gasteiger partial charge in [-0.2, -0.15) is 10.2 Å². The zero-order chi connectivity index (χ0) is 16.7. The number of aryl methyl sites for hydroxylation is 1. The van der Waals surface area contributed by atoms with Gasteiger partial charge in [-0.15, -0.1) is 0 Å². The maximum absolute atomic E-state index is 11.6. The van der Waals surface area contributed by atoms with Crippen molar-refractivity contribution < 1.29 is 4.79 Å². The van der Waals surface area contributed by atoms with E-state index in [0.29, 0.717) is 24.5 Å². The Morgan fingerprint density at radius 1 is 1.25 bits per heavy atom. The zero-order valence-corrected chi connectivity index (χ0v) is 13.9. The minimum absolute atomic E-state index is 0.315. The Morgan fingerprint density at radius 3 is 2.71 bits per heavy atom. The first kappa shape index (κ1) is 14.9. The van der Waals surface area contributed by atoms with Gasteiger partial charge in [-0.1, -0.05) is 0 Å². The molecule has 1 saturated carbocycles. The van der Waals surface area contributed by atoms with E-state index in [-0.39, 0.29) is 0 Å². The summed E-state index contributed by atoms with van der Waals surface area (Å²) in [6.07, 6.45) is 8.62. The van der Waals surface area contributed by atoms with Crippen LogP contribution < -0.4 is 5.32 Å². The molecule has 24 heavy (non-hydrogen) atoms. The van der Waals surface area contributed by atoms with Gasteiger partial charge in [0.05, 0.1) is 29.8 Å². The molecule has 3 aromatic rings. The first-order valence-electron chi connectivity index (χ1n) is 8.23. The van der Waals surface area contributed by atoms with E-state index in [1.54, 1.807) is 10.9 Å². The molecule has 0 spiro atoms. The third-order valence-electron chi connectivity index (χ3n) is 4.72. The second-order valence-electron chi connectivity index (χ2n) is 6.32. The van der Waals surface area contributed by atoms with Crippen LogP contribution in [0.4, 0.5) is 5.82 Å². The molecule has 4 rings (SSSR count). The van der Waals surface area contributed by atoms with Crippen LogP contribution in [0.15, 0.2) is 24.7 Å². The molecule has 3 heterocycles. The number of hydrogen-bond acceptors (Lipinski definition) is 5. The zero-order valence-electron chi connectivity index (χ0n) is 13.9. The lowest BCUT2D eigenvalue weighted by Gasteiger charge is -2.19. The number of carbonyl (C=O) groups is 1. The Labute approximate surface area is 139 Å². The summed E-state index contributed by atoms with van der Waals surface area (Å²) in [7, 11) is 3.75. The number of rotatable bonds is 3. The molecule has 1 fully saturated rings. The SMILES string of the molecule is CNc1cc2c(C3CCC(=O)CC3)nn(-c3cnn(C)c3)c2cn1. The molecule has 0 bridgehead atoms.